The second kappa shape index (κ2) is 4.58. The number of carbonyl (C=O) groups excluding carboxylic acids is 1. The van der Waals surface area contributed by atoms with Crippen molar-refractivity contribution in [1.82, 2.24) is 0 Å². The van der Waals surface area contributed by atoms with E-state index in [9.17, 15) is 15.0 Å². The topological polar surface area (TPSA) is 119 Å². The van der Waals surface area contributed by atoms with E-state index in [2.05, 4.69) is 6.92 Å². The number of rotatable bonds is 2. The van der Waals surface area contributed by atoms with E-state index >= 15 is 0 Å². The van der Waals surface area contributed by atoms with Gasteiger partial charge >= 0.3 is 0 Å². The third kappa shape index (κ3) is 1.61. The van der Waals surface area contributed by atoms with Crippen LogP contribution in [0.15, 0.2) is 30.3 Å². The molecule has 0 aromatic heterocycles. The molecule has 6 N–H and O–H groups in total. The summed E-state index contributed by atoms with van der Waals surface area (Å²) in [6.07, 6.45) is 2.44. The smallest absolute Gasteiger partial charge is 0.265 e. The zero-order valence-electron chi connectivity index (χ0n) is 14.3. The van der Waals surface area contributed by atoms with Crippen LogP contribution in [-0.2, 0) is 11.3 Å². The number of aromatic hydroxyl groups is 1. The Labute approximate surface area is 150 Å². The minimum atomic E-state index is -2.04. The van der Waals surface area contributed by atoms with Gasteiger partial charge < -0.3 is 26.4 Å². The van der Waals surface area contributed by atoms with Gasteiger partial charge in [-0.05, 0) is 48.4 Å². The van der Waals surface area contributed by atoms with Crippen LogP contribution in [0.2, 0.25) is 0 Å². The van der Waals surface area contributed by atoms with Crippen LogP contribution >= 0.6 is 0 Å². The van der Waals surface area contributed by atoms with Gasteiger partial charge in [0.1, 0.15) is 11.5 Å². The molecule has 0 spiro atoms. The molecule has 1 heterocycles. The van der Waals surface area contributed by atoms with E-state index in [1.807, 2.05) is 12.1 Å². The summed E-state index contributed by atoms with van der Waals surface area (Å²) in [6.45, 7) is 2.17. The average Bonchev–Trinajstić information content (AvgIpc) is 3.40. The molecule has 3 atom stereocenters. The molecule has 5 rings (SSSR count). The van der Waals surface area contributed by atoms with Crippen molar-refractivity contribution in [3.05, 3.63) is 52.6 Å². The van der Waals surface area contributed by atoms with Crippen LogP contribution in [0.4, 0.5) is 5.69 Å². The van der Waals surface area contributed by atoms with Gasteiger partial charge in [-0.2, -0.15) is 0 Å². The molecule has 134 valence electrons. The van der Waals surface area contributed by atoms with E-state index in [1.165, 1.54) is 25.0 Å². The Morgan fingerprint density at radius 2 is 1.92 bits per heavy atom. The molecule has 6 nitrogen and oxygen atoms in total. The summed E-state index contributed by atoms with van der Waals surface area (Å²) in [5, 5.41) is 21.1. The monoisotopic (exact) mass is 352 g/mol. The molecule has 2 aromatic rings. The molecule has 0 radical (unpaired) electrons. The maximum absolute atomic E-state index is 13.1. The van der Waals surface area contributed by atoms with Crippen molar-refractivity contribution in [2.24, 2.45) is 11.7 Å². The number of phenolic OH excluding ortho intramolecular Hbond substituents is 1. The second-order valence-corrected chi connectivity index (χ2v) is 7.69. The predicted octanol–water partition coefficient (Wildman–Crippen LogP) is 2.08. The first-order valence-electron chi connectivity index (χ1n) is 8.80. The van der Waals surface area contributed by atoms with Crippen molar-refractivity contribution < 1.29 is 19.7 Å². The largest absolute Gasteiger partial charge is 0.506 e. The van der Waals surface area contributed by atoms with Crippen LogP contribution in [0, 0.1) is 5.92 Å². The fourth-order valence-electron chi connectivity index (χ4n) is 4.40. The molecule has 2 aliphatic carbocycles. The molecule has 3 aliphatic rings. The highest BCUT2D eigenvalue weighted by atomic mass is 16.6. The van der Waals surface area contributed by atoms with Gasteiger partial charge in [-0.25, -0.2) is 0 Å². The minimum Gasteiger partial charge on any atom is -0.506 e. The second-order valence-electron chi connectivity index (χ2n) is 7.69. The Kier molecular flexibility index (Phi) is 2.76. The number of hydrogen-bond donors (Lipinski definition) is 4. The average molecular weight is 352 g/mol. The molecule has 6 heteroatoms. The molecule has 0 unspecified atom stereocenters. The van der Waals surface area contributed by atoms with Crippen molar-refractivity contribution in [1.29, 1.82) is 0 Å². The molecule has 0 saturated heterocycles. The Morgan fingerprint density at radius 3 is 2.62 bits per heavy atom. The minimum absolute atomic E-state index is 0.0241. The third-order valence-corrected chi connectivity index (χ3v) is 6.25. The van der Waals surface area contributed by atoms with E-state index in [4.69, 9.17) is 16.2 Å². The quantitative estimate of drug-likeness (QED) is 0.485. The van der Waals surface area contributed by atoms with Gasteiger partial charge in [-0.3, -0.25) is 4.79 Å². The van der Waals surface area contributed by atoms with E-state index in [1.54, 1.807) is 6.07 Å². The number of benzene rings is 2. The van der Waals surface area contributed by atoms with Gasteiger partial charge in [-0.15, -0.1) is 0 Å². The molecular formula is C20H20N2O4. The lowest BCUT2D eigenvalue weighted by Gasteiger charge is -2.29. The van der Waals surface area contributed by atoms with Gasteiger partial charge in [0.15, 0.2) is 11.3 Å². The van der Waals surface area contributed by atoms with Crippen LogP contribution < -0.4 is 16.2 Å². The van der Waals surface area contributed by atoms with Crippen molar-refractivity contribution in [3.63, 3.8) is 0 Å². The van der Waals surface area contributed by atoms with Crippen molar-refractivity contribution >= 4 is 11.5 Å². The molecule has 1 fully saturated rings. The maximum Gasteiger partial charge on any atom is 0.265 e. The highest BCUT2D eigenvalue weighted by molar-refractivity contribution is 6.14. The van der Waals surface area contributed by atoms with Gasteiger partial charge in [0.2, 0.25) is 0 Å². The van der Waals surface area contributed by atoms with E-state index in [0.717, 1.165) is 5.56 Å². The molecule has 26 heavy (non-hydrogen) atoms. The summed E-state index contributed by atoms with van der Waals surface area (Å²) in [6, 6.07) is 8.36. The first-order valence-corrected chi connectivity index (χ1v) is 8.80. The van der Waals surface area contributed by atoms with Gasteiger partial charge in [0.05, 0.1) is 11.3 Å². The summed E-state index contributed by atoms with van der Waals surface area (Å²) < 4.78 is 5.88. The molecule has 1 saturated carbocycles. The predicted molar refractivity (Wildman–Crippen MR) is 94.8 cm³/mol. The van der Waals surface area contributed by atoms with E-state index < -0.39 is 17.1 Å². The summed E-state index contributed by atoms with van der Waals surface area (Å²) in [7, 11) is 0. The highest BCUT2D eigenvalue weighted by Crippen LogP contribution is 2.58. The third-order valence-electron chi connectivity index (χ3n) is 6.25. The molecule has 2 aromatic carbocycles. The van der Waals surface area contributed by atoms with Crippen molar-refractivity contribution in [2.75, 3.05) is 5.73 Å². The number of nitrogens with two attached hydrogens (primary N) is 2. The van der Waals surface area contributed by atoms with Crippen LogP contribution in [0.3, 0.4) is 0 Å². The highest BCUT2D eigenvalue weighted by Gasteiger charge is 2.69. The lowest BCUT2D eigenvalue weighted by molar-refractivity contribution is -0.162. The number of fused-ring (bicyclic) bond motifs is 5. The SMILES string of the molecule is C[C@H](c1ccc2c(c1)O[C@]1(O)c3ccc(O)c(N)c3C(=O)[C@]21N)C1CC1. The molecular weight excluding hydrogens is 332 g/mol. The fraction of sp³-hybridized carbons (Fsp3) is 0.350. The summed E-state index contributed by atoms with van der Waals surface area (Å²) in [4.78, 5) is 13.1. The number of ether oxygens (including phenoxy) is 1. The molecule has 0 bridgehead atoms. The Balaban J connectivity index is 1.68. The number of ketones is 1. The normalized spacial score (nSPS) is 29.7. The number of anilines is 1. The van der Waals surface area contributed by atoms with Gasteiger partial charge in [0, 0.05) is 11.1 Å². The van der Waals surface area contributed by atoms with Crippen LogP contribution in [-0.4, -0.2) is 16.0 Å². The summed E-state index contributed by atoms with van der Waals surface area (Å²) in [5.74, 6) is -1.32. The Morgan fingerprint density at radius 1 is 1.23 bits per heavy atom. The molecule has 1 aliphatic heterocycles. The number of Topliss-reactive ketones (excluding diaryl/α,β-unsaturated/α-hetero) is 1. The standard InChI is InChI=1S/C20H20N2O4/c1-9(10-2-3-10)11-4-5-12-15(8-11)26-20(25)13-6-7-14(23)17(21)16(13)18(24)19(12,20)22/h4-10,23,25H,2-3,21-22H2,1H3/t9-,19+,20+/m0/s1. The van der Waals surface area contributed by atoms with Crippen molar-refractivity contribution in [2.45, 2.75) is 37.0 Å². The van der Waals surface area contributed by atoms with Crippen LogP contribution in [0.1, 0.15) is 52.7 Å². The Bertz CT molecular complexity index is 984. The maximum atomic E-state index is 13.1. The number of hydrogen-bond acceptors (Lipinski definition) is 6. The first-order chi connectivity index (χ1) is 12.3. The van der Waals surface area contributed by atoms with Gasteiger partial charge in [-0.1, -0.05) is 19.1 Å². The number of carbonyl (C=O) groups is 1. The van der Waals surface area contributed by atoms with Crippen LogP contribution in [0.5, 0.6) is 11.5 Å². The van der Waals surface area contributed by atoms with Gasteiger partial charge in [0.25, 0.3) is 5.79 Å². The number of aliphatic hydroxyl groups is 1. The zero-order chi connectivity index (χ0) is 18.4. The zero-order valence-corrected chi connectivity index (χ0v) is 14.3. The van der Waals surface area contributed by atoms with Crippen LogP contribution in [0.25, 0.3) is 0 Å². The summed E-state index contributed by atoms with van der Waals surface area (Å²) >= 11 is 0. The Hall–Kier alpha value is -2.57. The lowest BCUT2D eigenvalue weighted by atomic mass is 9.83. The van der Waals surface area contributed by atoms with E-state index in [-0.39, 0.29) is 22.6 Å². The number of nitrogen functional groups attached to an aromatic ring is 1. The van der Waals surface area contributed by atoms with Crippen molar-refractivity contribution in [3.8, 4) is 11.5 Å². The first kappa shape index (κ1) is 15.7. The number of phenols is 1. The van der Waals surface area contributed by atoms with E-state index in [0.29, 0.717) is 23.1 Å². The fourth-order valence-corrected chi connectivity index (χ4v) is 4.40. The molecule has 0 amide bonds. The lowest BCUT2D eigenvalue weighted by Crippen LogP contribution is -2.55. The summed E-state index contributed by atoms with van der Waals surface area (Å²) in [5.41, 5.74) is 12.2.